The van der Waals surface area contributed by atoms with Gasteiger partial charge in [0.25, 0.3) is 0 Å². The highest BCUT2D eigenvalue weighted by Gasteiger charge is 2.35. The number of rotatable bonds is 5. The monoisotopic (exact) mass is 414 g/mol. The van der Waals surface area contributed by atoms with Crippen LogP contribution < -0.4 is 15.0 Å². The summed E-state index contributed by atoms with van der Waals surface area (Å²) in [5, 5.41) is 2.83. The predicted molar refractivity (Wildman–Crippen MR) is 118 cm³/mol. The molecule has 2 amide bonds. The molecule has 6 nitrogen and oxygen atoms in total. The minimum Gasteiger partial charge on any atom is -0.423 e. The molecule has 4 rings (SSSR count). The average Bonchev–Trinajstić information content (AvgIpc) is 3.17. The van der Waals surface area contributed by atoms with Crippen molar-refractivity contribution < 1.29 is 19.1 Å². The summed E-state index contributed by atoms with van der Waals surface area (Å²) in [4.78, 5) is 39.0. The topological polar surface area (TPSA) is 75.7 Å². The lowest BCUT2D eigenvalue weighted by atomic mass is 10.1. The van der Waals surface area contributed by atoms with E-state index in [1.54, 1.807) is 41.3 Å². The van der Waals surface area contributed by atoms with Gasteiger partial charge >= 0.3 is 5.97 Å². The second-order valence-electron chi connectivity index (χ2n) is 7.51. The molecule has 3 aromatic carbocycles. The number of carbonyl (C=O) groups is 3. The Kier molecular flexibility index (Phi) is 5.80. The van der Waals surface area contributed by atoms with Crippen LogP contribution >= 0.6 is 0 Å². The molecule has 31 heavy (non-hydrogen) atoms. The van der Waals surface area contributed by atoms with Gasteiger partial charge in [0.2, 0.25) is 11.8 Å². The van der Waals surface area contributed by atoms with Crippen LogP contribution in [0.15, 0.2) is 78.9 Å². The molecule has 3 aromatic rings. The standard InChI is InChI=1S/C25H22N2O4/c1-17-10-12-18(13-11-17)25(30)31-22-9-5-6-20(15-22)26-24(29)19-14-23(28)27(16-19)21-7-3-2-4-8-21/h2-13,15,19H,14,16H2,1H3,(H,26,29)/t19-/m1/s1. The van der Waals surface area contributed by atoms with Crippen molar-refractivity contribution in [3.05, 3.63) is 90.0 Å². The molecular weight excluding hydrogens is 392 g/mol. The molecular formula is C25H22N2O4. The van der Waals surface area contributed by atoms with Crippen LogP contribution in [0.25, 0.3) is 0 Å². The SMILES string of the molecule is Cc1ccc(C(=O)Oc2cccc(NC(=O)[C@@H]3CC(=O)N(c4ccccc4)C3)c2)cc1. The Morgan fingerprint density at radius 3 is 2.45 bits per heavy atom. The van der Waals surface area contributed by atoms with Crippen molar-refractivity contribution in [1.82, 2.24) is 0 Å². The highest BCUT2D eigenvalue weighted by Crippen LogP contribution is 2.26. The molecule has 6 heteroatoms. The van der Waals surface area contributed by atoms with Crippen molar-refractivity contribution in [2.24, 2.45) is 5.92 Å². The molecule has 1 heterocycles. The maximum atomic E-state index is 12.7. The largest absolute Gasteiger partial charge is 0.423 e. The Hall–Kier alpha value is -3.93. The molecule has 0 unspecified atom stereocenters. The van der Waals surface area contributed by atoms with Crippen molar-refractivity contribution in [2.75, 3.05) is 16.8 Å². The zero-order valence-electron chi connectivity index (χ0n) is 17.1. The maximum Gasteiger partial charge on any atom is 0.343 e. The zero-order valence-corrected chi connectivity index (χ0v) is 17.1. The number of hydrogen-bond acceptors (Lipinski definition) is 4. The predicted octanol–water partition coefficient (Wildman–Crippen LogP) is 4.21. The minimum atomic E-state index is -0.469. The maximum absolute atomic E-state index is 12.7. The number of esters is 1. The van der Waals surface area contributed by atoms with Gasteiger partial charge in [-0.1, -0.05) is 42.0 Å². The van der Waals surface area contributed by atoms with Gasteiger partial charge in [-0.25, -0.2) is 4.79 Å². The first-order chi connectivity index (χ1) is 15.0. The number of ether oxygens (including phenoxy) is 1. The van der Waals surface area contributed by atoms with Gasteiger partial charge in [0, 0.05) is 30.4 Å². The Labute approximate surface area is 180 Å². The molecule has 0 saturated carbocycles. The molecule has 1 N–H and O–H groups in total. The average molecular weight is 414 g/mol. The van der Waals surface area contributed by atoms with Crippen LogP contribution in [0.5, 0.6) is 5.75 Å². The summed E-state index contributed by atoms with van der Waals surface area (Å²) in [5.41, 5.74) is 2.79. The van der Waals surface area contributed by atoms with E-state index in [0.717, 1.165) is 11.3 Å². The van der Waals surface area contributed by atoms with E-state index in [0.29, 0.717) is 23.5 Å². The van der Waals surface area contributed by atoms with E-state index >= 15 is 0 Å². The fraction of sp³-hybridized carbons (Fsp3) is 0.160. The third kappa shape index (κ3) is 4.80. The Bertz CT molecular complexity index is 1110. The second kappa shape index (κ2) is 8.83. The first-order valence-electron chi connectivity index (χ1n) is 10.0. The molecule has 156 valence electrons. The Morgan fingerprint density at radius 1 is 0.968 bits per heavy atom. The Balaban J connectivity index is 1.39. The molecule has 0 radical (unpaired) electrons. The van der Waals surface area contributed by atoms with E-state index in [1.165, 1.54) is 0 Å². The van der Waals surface area contributed by atoms with Crippen LogP contribution in [0.2, 0.25) is 0 Å². The summed E-state index contributed by atoms with van der Waals surface area (Å²) in [6, 6.07) is 23.1. The van der Waals surface area contributed by atoms with Gasteiger partial charge in [0.05, 0.1) is 11.5 Å². The van der Waals surface area contributed by atoms with Gasteiger partial charge in [0.15, 0.2) is 0 Å². The molecule has 1 atom stereocenters. The van der Waals surface area contributed by atoms with E-state index in [-0.39, 0.29) is 18.2 Å². The van der Waals surface area contributed by atoms with E-state index in [4.69, 9.17) is 4.74 Å². The first-order valence-corrected chi connectivity index (χ1v) is 10.0. The summed E-state index contributed by atoms with van der Waals surface area (Å²) in [6.07, 6.45) is 0.156. The Morgan fingerprint density at radius 2 is 1.71 bits per heavy atom. The highest BCUT2D eigenvalue weighted by atomic mass is 16.5. The number of carbonyl (C=O) groups excluding carboxylic acids is 3. The quantitative estimate of drug-likeness (QED) is 0.501. The van der Waals surface area contributed by atoms with Crippen LogP contribution in [0.4, 0.5) is 11.4 Å². The number of para-hydroxylation sites is 1. The number of hydrogen-bond donors (Lipinski definition) is 1. The normalized spacial score (nSPS) is 15.6. The van der Waals surface area contributed by atoms with Crippen molar-refractivity contribution in [3.8, 4) is 5.75 Å². The van der Waals surface area contributed by atoms with Gasteiger partial charge in [0.1, 0.15) is 5.75 Å². The zero-order chi connectivity index (χ0) is 21.8. The van der Waals surface area contributed by atoms with Gasteiger partial charge in [-0.15, -0.1) is 0 Å². The van der Waals surface area contributed by atoms with E-state index in [9.17, 15) is 14.4 Å². The van der Waals surface area contributed by atoms with E-state index < -0.39 is 11.9 Å². The number of nitrogens with zero attached hydrogens (tertiary/aromatic N) is 1. The minimum absolute atomic E-state index is 0.0767. The summed E-state index contributed by atoms with van der Waals surface area (Å²) >= 11 is 0. The first kappa shape index (κ1) is 20.3. The fourth-order valence-corrected chi connectivity index (χ4v) is 3.48. The van der Waals surface area contributed by atoms with Crippen LogP contribution in [0, 0.1) is 12.8 Å². The van der Waals surface area contributed by atoms with Crippen molar-refractivity contribution >= 4 is 29.2 Å². The van der Waals surface area contributed by atoms with E-state index in [2.05, 4.69) is 5.32 Å². The van der Waals surface area contributed by atoms with Crippen LogP contribution in [-0.4, -0.2) is 24.3 Å². The van der Waals surface area contributed by atoms with Crippen molar-refractivity contribution in [2.45, 2.75) is 13.3 Å². The number of aryl methyl sites for hydroxylation is 1. The smallest absolute Gasteiger partial charge is 0.343 e. The van der Waals surface area contributed by atoms with Gasteiger partial charge < -0.3 is 15.0 Å². The van der Waals surface area contributed by atoms with Crippen molar-refractivity contribution in [3.63, 3.8) is 0 Å². The molecule has 0 aliphatic carbocycles. The molecule has 1 fully saturated rings. The van der Waals surface area contributed by atoms with Crippen LogP contribution in [0.3, 0.4) is 0 Å². The summed E-state index contributed by atoms with van der Waals surface area (Å²) in [5.74, 6) is -0.910. The third-order valence-electron chi connectivity index (χ3n) is 5.16. The highest BCUT2D eigenvalue weighted by molar-refractivity contribution is 6.03. The van der Waals surface area contributed by atoms with Gasteiger partial charge in [-0.3, -0.25) is 9.59 Å². The molecule has 0 aromatic heterocycles. The number of amides is 2. The number of nitrogens with one attached hydrogen (secondary N) is 1. The summed E-state index contributed by atoms with van der Waals surface area (Å²) in [6.45, 7) is 2.27. The molecule has 0 bridgehead atoms. The molecule has 1 saturated heterocycles. The third-order valence-corrected chi connectivity index (χ3v) is 5.16. The lowest BCUT2D eigenvalue weighted by Crippen LogP contribution is -2.28. The van der Waals surface area contributed by atoms with Gasteiger partial charge in [-0.05, 0) is 43.3 Å². The van der Waals surface area contributed by atoms with Crippen molar-refractivity contribution in [1.29, 1.82) is 0 Å². The lowest BCUT2D eigenvalue weighted by molar-refractivity contribution is -0.122. The number of anilines is 2. The summed E-state index contributed by atoms with van der Waals surface area (Å²) in [7, 11) is 0. The molecule has 1 aliphatic heterocycles. The van der Waals surface area contributed by atoms with Crippen LogP contribution in [0.1, 0.15) is 22.3 Å². The molecule has 0 spiro atoms. The molecule has 1 aliphatic rings. The fourth-order valence-electron chi connectivity index (χ4n) is 3.48. The summed E-state index contributed by atoms with van der Waals surface area (Å²) < 4.78 is 5.43. The van der Waals surface area contributed by atoms with Gasteiger partial charge in [-0.2, -0.15) is 0 Å². The van der Waals surface area contributed by atoms with E-state index in [1.807, 2.05) is 49.4 Å². The lowest BCUT2D eigenvalue weighted by Gasteiger charge is -2.16. The van der Waals surface area contributed by atoms with Crippen LogP contribution in [-0.2, 0) is 9.59 Å². The second-order valence-corrected chi connectivity index (χ2v) is 7.51. The number of benzene rings is 3.